The van der Waals surface area contributed by atoms with E-state index in [4.69, 9.17) is 15.2 Å². The van der Waals surface area contributed by atoms with Gasteiger partial charge in [0.05, 0.1) is 17.9 Å². The van der Waals surface area contributed by atoms with Crippen molar-refractivity contribution < 1.29 is 14.3 Å². The number of rotatable bonds is 3. The van der Waals surface area contributed by atoms with E-state index in [-0.39, 0.29) is 12.0 Å². The van der Waals surface area contributed by atoms with Crippen LogP contribution in [0.3, 0.4) is 0 Å². The summed E-state index contributed by atoms with van der Waals surface area (Å²) in [6.07, 6.45) is 0. The molecule has 2 N–H and O–H groups in total. The first-order chi connectivity index (χ1) is 8.81. The summed E-state index contributed by atoms with van der Waals surface area (Å²) < 4.78 is 10.3. The molecule has 0 aliphatic rings. The van der Waals surface area contributed by atoms with E-state index in [1.165, 1.54) is 0 Å². The van der Waals surface area contributed by atoms with Crippen LogP contribution in [-0.4, -0.2) is 24.2 Å². The van der Waals surface area contributed by atoms with Crippen LogP contribution >= 0.6 is 0 Å². The van der Waals surface area contributed by atoms with Crippen LogP contribution in [0.4, 0.5) is 5.69 Å². The molecule has 5 nitrogen and oxygen atoms in total. The zero-order chi connectivity index (χ0) is 14.5. The maximum absolute atomic E-state index is 11.5. The Kier molecular flexibility index (Phi) is 4.92. The molecule has 0 saturated heterocycles. The highest BCUT2D eigenvalue weighted by Gasteiger charge is 2.12. The maximum Gasteiger partial charge on any atom is 0.338 e. The molecule has 5 heteroatoms. The Hall–Kier alpha value is -2.04. The van der Waals surface area contributed by atoms with Gasteiger partial charge in [-0.25, -0.2) is 4.79 Å². The number of aliphatic imine (C=N–C) groups is 1. The Bertz CT molecular complexity index is 459. The van der Waals surface area contributed by atoms with Crippen molar-refractivity contribution >= 4 is 17.7 Å². The van der Waals surface area contributed by atoms with E-state index in [1.54, 1.807) is 31.2 Å². The van der Waals surface area contributed by atoms with Gasteiger partial charge >= 0.3 is 5.97 Å². The van der Waals surface area contributed by atoms with Crippen molar-refractivity contribution in [1.82, 2.24) is 0 Å². The molecule has 0 aliphatic heterocycles. The minimum atomic E-state index is -0.390. The van der Waals surface area contributed by atoms with Crippen LogP contribution in [-0.2, 0) is 9.47 Å². The number of hydrogen-bond donors (Lipinski definition) is 1. The number of hydrogen-bond acceptors (Lipinski definition) is 4. The Morgan fingerprint density at radius 2 is 1.84 bits per heavy atom. The number of carbonyl (C=O) groups excluding carboxylic acids is 1. The van der Waals surface area contributed by atoms with Crippen molar-refractivity contribution in [2.45, 2.75) is 33.3 Å². The second kappa shape index (κ2) is 6.22. The minimum absolute atomic E-state index is 0.0939. The molecule has 1 aromatic rings. The standard InChI is InChI=1S/C14H20N2O3/c1-5-18-12(17)10-6-8-11(9-7-10)16-13(15)19-14(2,3)4/h6-9H,5H2,1-4H3,(H2,15,16). The predicted octanol–water partition coefficient (Wildman–Crippen LogP) is 2.62. The van der Waals surface area contributed by atoms with E-state index in [1.807, 2.05) is 20.8 Å². The molecule has 0 saturated carbocycles. The third kappa shape index (κ3) is 5.42. The molecule has 0 fully saturated rings. The fourth-order valence-corrected chi connectivity index (χ4v) is 1.35. The number of amidine groups is 1. The van der Waals surface area contributed by atoms with Crippen molar-refractivity contribution in [2.24, 2.45) is 10.7 Å². The number of nitrogens with zero attached hydrogens (tertiary/aromatic N) is 1. The third-order valence-corrected chi connectivity index (χ3v) is 2.03. The Labute approximate surface area is 113 Å². The van der Waals surface area contributed by atoms with E-state index in [0.29, 0.717) is 17.9 Å². The van der Waals surface area contributed by atoms with Gasteiger partial charge in [0.15, 0.2) is 0 Å². The van der Waals surface area contributed by atoms with Crippen LogP contribution in [0.15, 0.2) is 29.3 Å². The molecular formula is C14H20N2O3. The summed E-state index contributed by atoms with van der Waals surface area (Å²) in [4.78, 5) is 15.6. The van der Waals surface area contributed by atoms with Crippen LogP contribution < -0.4 is 5.73 Å². The molecule has 0 unspecified atom stereocenters. The molecule has 0 heterocycles. The van der Waals surface area contributed by atoms with Crippen LogP contribution in [0, 0.1) is 0 Å². The molecule has 0 amide bonds. The lowest BCUT2D eigenvalue weighted by molar-refractivity contribution is 0.0526. The van der Waals surface area contributed by atoms with Crippen molar-refractivity contribution in [2.75, 3.05) is 6.61 Å². The molecule has 0 spiro atoms. The van der Waals surface area contributed by atoms with Gasteiger partial charge in [0.2, 0.25) is 0 Å². The van der Waals surface area contributed by atoms with Crippen LogP contribution in [0.1, 0.15) is 38.1 Å². The molecule has 0 atom stereocenters. The molecule has 1 rings (SSSR count). The topological polar surface area (TPSA) is 73.9 Å². The van der Waals surface area contributed by atoms with E-state index < -0.39 is 5.60 Å². The fourth-order valence-electron chi connectivity index (χ4n) is 1.35. The summed E-state index contributed by atoms with van der Waals surface area (Å²) in [5.74, 6) is -0.350. The highest BCUT2D eigenvalue weighted by molar-refractivity contribution is 5.89. The van der Waals surface area contributed by atoms with Gasteiger partial charge in [-0.2, -0.15) is 4.99 Å². The predicted molar refractivity (Wildman–Crippen MR) is 74.5 cm³/mol. The van der Waals surface area contributed by atoms with Crippen molar-refractivity contribution in [3.63, 3.8) is 0 Å². The van der Waals surface area contributed by atoms with Crippen LogP contribution in [0.2, 0.25) is 0 Å². The van der Waals surface area contributed by atoms with Gasteiger partial charge in [-0.15, -0.1) is 0 Å². The zero-order valence-corrected chi connectivity index (χ0v) is 11.8. The van der Waals surface area contributed by atoms with E-state index >= 15 is 0 Å². The highest BCUT2D eigenvalue weighted by atomic mass is 16.5. The second-order valence-corrected chi connectivity index (χ2v) is 4.93. The van der Waals surface area contributed by atoms with Crippen molar-refractivity contribution in [3.05, 3.63) is 29.8 Å². The van der Waals surface area contributed by atoms with Crippen molar-refractivity contribution in [1.29, 1.82) is 0 Å². The quantitative estimate of drug-likeness (QED) is 0.517. The van der Waals surface area contributed by atoms with Crippen LogP contribution in [0.25, 0.3) is 0 Å². The SMILES string of the molecule is CCOC(=O)c1ccc(N=C(N)OC(C)(C)C)cc1. The number of ether oxygens (including phenoxy) is 2. The first-order valence-corrected chi connectivity index (χ1v) is 6.12. The van der Waals surface area contributed by atoms with Crippen molar-refractivity contribution in [3.8, 4) is 0 Å². The Balaban J connectivity index is 2.76. The summed E-state index contributed by atoms with van der Waals surface area (Å²) in [7, 11) is 0. The van der Waals surface area contributed by atoms with E-state index in [9.17, 15) is 4.79 Å². The molecule has 1 aromatic carbocycles. The van der Waals surface area contributed by atoms with Gasteiger partial charge in [-0.05, 0) is 52.0 Å². The normalized spacial score (nSPS) is 12.1. The Morgan fingerprint density at radius 3 is 2.32 bits per heavy atom. The first-order valence-electron chi connectivity index (χ1n) is 6.12. The summed E-state index contributed by atoms with van der Waals surface area (Å²) in [6, 6.07) is 6.75. The highest BCUT2D eigenvalue weighted by Crippen LogP contribution is 2.15. The molecule has 19 heavy (non-hydrogen) atoms. The largest absolute Gasteiger partial charge is 0.462 e. The summed E-state index contributed by atoms with van der Waals surface area (Å²) in [6.45, 7) is 7.78. The maximum atomic E-state index is 11.5. The van der Waals surface area contributed by atoms with E-state index in [2.05, 4.69) is 4.99 Å². The first kappa shape index (κ1) is 15.0. The van der Waals surface area contributed by atoms with Gasteiger partial charge in [0, 0.05) is 0 Å². The smallest absolute Gasteiger partial charge is 0.338 e. The van der Waals surface area contributed by atoms with Gasteiger partial charge in [-0.1, -0.05) is 0 Å². The Morgan fingerprint density at radius 1 is 1.26 bits per heavy atom. The number of carbonyl (C=O) groups is 1. The summed E-state index contributed by atoms with van der Waals surface area (Å²) >= 11 is 0. The molecule has 104 valence electrons. The van der Waals surface area contributed by atoms with Gasteiger partial charge in [0.25, 0.3) is 6.02 Å². The van der Waals surface area contributed by atoms with Crippen LogP contribution in [0.5, 0.6) is 0 Å². The monoisotopic (exact) mass is 264 g/mol. The third-order valence-electron chi connectivity index (χ3n) is 2.03. The lowest BCUT2D eigenvalue weighted by Crippen LogP contribution is -2.28. The van der Waals surface area contributed by atoms with Gasteiger partial charge < -0.3 is 15.2 Å². The fraction of sp³-hybridized carbons (Fsp3) is 0.429. The second-order valence-electron chi connectivity index (χ2n) is 4.93. The molecule has 0 aromatic heterocycles. The molecule has 0 bridgehead atoms. The molecule has 0 aliphatic carbocycles. The number of benzene rings is 1. The number of esters is 1. The van der Waals surface area contributed by atoms with E-state index in [0.717, 1.165) is 0 Å². The lowest BCUT2D eigenvalue weighted by Gasteiger charge is -2.19. The minimum Gasteiger partial charge on any atom is -0.462 e. The van der Waals surface area contributed by atoms with Gasteiger partial charge in [-0.3, -0.25) is 0 Å². The zero-order valence-electron chi connectivity index (χ0n) is 11.8. The average molecular weight is 264 g/mol. The number of nitrogens with two attached hydrogens (primary N) is 1. The average Bonchev–Trinajstić information content (AvgIpc) is 2.27. The lowest BCUT2D eigenvalue weighted by atomic mass is 10.2. The summed E-state index contributed by atoms with van der Waals surface area (Å²) in [5.41, 5.74) is 6.39. The molecule has 0 radical (unpaired) electrons. The molecular weight excluding hydrogens is 244 g/mol. The van der Waals surface area contributed by atoms with Gasteiger partial charge in [0.1, 0.15) is 5.60 Å². The summed E-state index contributed by atoms with van der Waals surface area (Å²) in [5, 5.41) is 0.